The number of halogens is 2. The van der Waals surface area contributed by atoms with Gasteiger partial charge in [0.15, 0.2) is 5.82 Å². The van der Waals surface area contributed by atoms with E-state index in [1.807, 2.05) is 6.07 Å². The number of alkyl halides is 2. The van der Waals surface area contributed by atoms with Crippen molar-refractivity contribution < 1.29 is 18.3 Å². The van der Waals surface area contributed by atoms with Crippen molar-refractivity contribution in [3.05, 3.63) is 48.3 Å². The molecule has 0 saturated heterocycles. The van der Waals surface area contributed by atoms with Gasteiger partial charge in [-0.05, 0) is 41.5 Å². The zero-order chi connectivity index (χ0) is 19.5. The summed E-state index contributed by atoms with van der Waals surface area (Å²) in [4.78, 5) is 16.4. The van der Waals surface area contributed by atoms with Gasteiger partial charge in [0.25, 0.3) is 12.3 Å². The summed E-state index contributed by atoms with van der Waals surface area (Å²) in [7, 11) is 0. The fourth-order valence-electron chi connectivity index (χ4n) is 2.66. The fourth-order valence-corrected chi connectivity index (χ4v) is 2.66. The molecule has 1 fully saturated rings. The van der Waals surface area contributed by atoms with E-state index in [1.165, 1.54) is 18.3 Å². The van der Waals surface area contributed by atoms with Crippen LogP contribution >= 0.6 is 0 Å². The fraction of sp³-hybridized carbons (Fsp3) is 0.278. The van der Waals surface area contributed by atoms with E-state index in [0.29, 0.717) is 17.6 Å². The summed E-state index contributed by atoms with van der Waals surface area (Å²) < 4.78 is 31.2. The number of ether oxygens (including phenoxy) is 1. The summed E-state index contributed by atoms with van der Waals surface area (Å²) in [5, 5.41) is 14.6. The van der Waals surface area contributed by atoms with Crippen LogP contribution < -0.4 is 10.1 Å². The summed E-state index contributed by atoms with van der Waals surface area (Å²) in [6.07, 6.45) is 0.824. The Hall–Kier alpha value is -3.43. The van der Waals surface area contributed by atoms with E-state index < -0.39 is 18.9 Å². The minimum absolute atomic E-state index is 0.0555. The van der Waals surface area contributed by atoms with Gasteiger partial charge >= 0.3 is 0 Å². The van der Waals surface area contributed by atoms with Crippen molar-refractivity contribution in [2.45, 2.75) is 25.3 Å². The molecule has 1 saturated carbocycles. The molecule has 0 unspecified atom stereocenters. The molecule has 0 radical (unpaired) electrons. The molecule has 0 aliphatic heterocycles. The van der Waals surface area contributed by atoms with E-state index in [1.54, 1.807) is 22.9 Å². The van der Waals surface area contributed by atoms with Crippen LogP contribution in [0.25, 0.3) is 11.4 Å². The molecule has 144 valence electrons. The number of nitrogens with one attached hydrogen (secondary N) is 1. The van der Waals surface area contributed by atoms with E-state index in [2.05, 4.69) is 25.8 Å². The average molecular weight is 386 g/mol. The molecule has 3 aromatic rings. The van der Waals surface area contributed by atoms with E-state index in [4.69, 9.17) is 4.74 Å². The minimum atomic E-state index is -2.60. The second kappa shape index (κ2) is 7.67. The van der Waals surface area contributed by atoms with Gasteiger partial charge in [-0.3, -0.25) is 9.78 Å². The van der Waals surface area contributed by atoms with Crippen molar-refractivity contribution in [2.24, 2.45) is 0 Å². The Morgan fingerprint density at radius 1 is 1.29 bits per heavy atom. The zero-order valence-electron chi connectivity index (χ0n) is 14.6. The number of pyridine rings is 1. The summed E-state index contributed by atoms with van der Waals surface area (Å²) in [6.45, 7) is -0.747. The minimum Gasteiger partial charge on any atom is -0.488 e. The number of hydrogen-bond acceptors (Lipinski definition) is 6. The highest BCUT2D eigenvalue weighted by molar-refractivity contribution is 6.03. The van der Waals surface area contributed by atoms with Gasteiger partial charge in [0.2, 0.25) is 0 Å². The Balaban J connectivity index is 1.49. The lowest BCUT2D eigenvalue weighted by Crippen LogP contribution is -2.14. The predicted molar refractivity (Wildman–Crippen MR) is 95.2 cm³/mol. The van der Waals surface area contributed by atoms with Crippen LogP contribution in [-0.2, 0) is 0 Å². The molecule has 0 bridgehead atoms. The van der Waals surface area contributed by atoms with E-state index in [0.717, 1.165) is 18.4 Å². The van der Waals surface area contributed by atoms with Crippen LogP contribution in [0.3, 0.4) is 0 Å². The molecule has 1 N–H and O–H groups in total. The number of carbonyl (C=O) groups excluding carboxylic acids is 1. The number of tetrazole rings is 1. The molecular weight excluding hydrogens is 370 g/mol. The molecule has 1 aliphatic carbocycles. The van der Waals surface area contributed by atoms with Crippen molar-refractivity contribution in [1.82, 2.24) is 25.2 Å². The zero-order valence-corrected chi connectivity index (χ0v) is 14.6. The maximum Gasteiger partial charge on any atom is 0.274 e. The Morgan fingerprint density at radius 2 is 2.14 bits per heavy atom. The first-order valence-electron chi connectivity index (χ1n) is 8.67. The van der Waals surface area contributed by atoms with Gasteiger partial charge in [0.05, 0.1) is 6.04 Å². The van der Waals surface area contributed by atoms with Crippen LogP contribution in [0.2, 0.25) is 0 Å². The summed E-state index contributed by atoms with van der Waals surface area (Å²) in [5.74, 6) is 0.304. The molecule has 2 aromatic heterocycles. The Bertz CT molecular complexity index is 989. The third kappa shape index (κ3) is 4.11. The van der Waals surface area contributed by atoms with Gasteiger partial charge < -0.3 is 10.1 Å². The lowest BCUT2D eigenvalue weighted by atomic mass is 10.2. The molecule has 4 rings (SSSR count). The van der Waals surface area contributed by atoms with E-state index in [9.17, 15) is 13.6 Å². The van der Waals surface area contributed by atoms with Crippen LogP contribution in [0.5, 0.6) is 5.75 Å². The van der Waals surface area contributed by atoms with Crippen LogP contribution in [0.15, 0.2) is 42.6 Å². The van der Waals surface area contributed by atoms with Gasteiger partial charge in [-0.1, -0.05) is 12.1 Å². The number of amides is 1. The number of rotatable bonds is 7. The van der Waals surface area contributed by atoms with Crippen LogP contribution in [0, 0.1) is 0 Å². The molecule has 1 amide bonds. The van der Waals surface area contributed by atoms with Crippen molar-refractivity contribution in [3.63, 3.8) is 0 Å². The lowest BCUT2D eigenvalue weighted by Gasteiger charge is -2.09. The first-order valence-corrected chi connectivity index (χ1v) is 8.67. The quantitative estimate of drug-likeness (QED) is 0.671. The molecule has 8 nitrogen and oxygen atoms in total. The standard InChI is InChI=1S/C18H16F2N6O2/c19-16(20)10-28-14-6-7-21-15(9-14)18(27)22-12-3-1-2-11(8-12)17-23-24-25-26(17)13-4-5-13/h1-3,6-9,13,16H,4-5,10H2,(H,22,27). The third-order valence-corrected chi connectivity index (χ3v) is 4.10. The van der Waals surface area contributed by atoms with Gasteiger partial charge in [-0.15, -0.1) is 5.10 Å². The Morgan fingerprint density at radius 3 is 2.93 bits per heavy atom. The van der Waals surface area contributed by atoms with Gasteiger partial charge in [-0.2, -0.15) is 0 Å². The predicted octanol–water partition coefficient (Wildman–Crippen LogP) is 2.97. The molecule has 0 atom stereocenters. The smallest absolute Gasteiger partial charge is 0.274 e. The SMILES string of the molecule is O=C(Nc1cccc(-c2nnnn2C2CC2)c1)c1cc(OCC(F)F)ccn1. The van der Waals surface area contributed by atoms with Gasteiger partial charge in [0, 0.05) is 23.5 Å². The molecule has 10 heteroatoms. The maximum atomic E-state index is 12.5. The Labute approximate surface area is 158 Å². The Kier molecular flexibility index (Phi) is 4.92. The number of hydrogen-bond donors (Lipinski definition) is 1. The number of nitrogens with zero attached hydrogens (tertiary/aromatic N) is 5. The maximum absolute atomic E-state index is 12.5. The van der Waals surface area contributed by atoms with Crippen LogP contribution in [0.1, 0.15) is 29.4 Å². The molecule has 1 aliphatic rings. The summed E-state index contributed by atoms with van der Waals surface area (Å²) in [6, 6.07) is 10.2. The number of anilines is 1. The molecule has 2 heterocycles. The average Bonchev–Trinajstić information content (AvgIpc) is 3.43. The van der Waals surface area contributed by atoms with Gasteiger partial charge in [-0.25, -0.2) is 13.5 Å². The van der Waals surface area contributed by atoms with Gasteiger partial charge in [0.1, 0.15) is 18.1 Å². The molecule has 1 aromatic carbocycles. The third-order valence-electron chi connectivity index (χ3n) is 4.10. The highest BCUT2D eigenvalue weighted by Crippen LogP contribution is 2.36. The highest BCUT2D eigenvalue weighted by atomic mass is 19.3. The monoisotopic (exact) mass is 386 g/mol. The van der Waals surface area contributed by atoms with Crippen molar-refractivity contribution in [2.75, 3.05) is 11.9 Å². The lowest BCUT2D eigenvalue weighted by molar-refractivity contribution is 0.0818. The van der Waals surface area contributed by atoms with E-state index in [-0.39, 0.29) is 11.4 Å². The first kappa shape index (κ1) is 18.0. The molecule has 0 spiro atoms. The molecule has 28 heavy (non-hydrogen) atoms. The van der Waals surface area contributed by atoms with Crippen LogP contribution in [0.4, 0.5) is 14.5 Å². The number of benzene rings is 1. The van der Waals surface area contributed by atoms with Crippen molar-refractivity contribution >= 4 is 11.6 Å². The first-order chi connectivity index (χ1) is 13.6. The largest absolute Gasteiger partial charge is 0.488 e. The van der Waals surface area contributed by atoms with E-state index >= 15 is 0 Å². The second-order valence-electron chi connectivity index (χ2n) is 6.29. The molecular formula is C18H16F2N6O2. The summed E-state index contributed by atoms with van der Waals surface area (Å²) in [5.41, 5.74) is 1.37. The summed E-state index contributed by atoms with van der Waals surface area (Å²) >= 11 is 0. The van der Waals surface area contributed by atoms with Crippen molar-refractivity contribution in [1.29, 1.82) is 0 Å². The normalized spacial score (nSPS) is 13.5. The second-order valence-corrected chi connectivity index (χ2v) is 6.29. The topological polar surface area (TPSA) is 94.8 Å². The van der Waals surface area contributed by atoms with Crippen molar-refractivity contribution in [3.8, 4) is 17.1 Å². The number of carbonyl (C=O) groups is 1. The highest BCUT2D eigenvalue weighted by Gasteiger charge is 2.28. The van der Waals surface area contributed by atoms with Crippen LogP contribution in [-0.4, -0.2) is 44.1 Å². The number of aromatic nitrogens is 5.